The summed E-state index contributed by atoms with van der Waals surface area (Å²) in [6, 6.07) is 7.48. The highest BCUT2D eigenvalue weighted by molar-refractivity contribution is 5.64. The fourth-order valence-corrected chi connectivity index (χ4v) is 1.50. The number of ether oxygens (including phenoxy) is 1. The van der Waals surface area contributed by atoms with Crippen molar-refractivity contribution in [2.24, 2.45) is 0 Å². The number of anilines is 2. The van der Waals surface area contributed by atoms with E-state index in [0.717, 1.165) is 17.1 Å². The summed E-state index contributed by atoms with van der Waals surface area (Å²) in [6.45, 7) is 1.82. The second kappa shape index (κ2) is 3.77. The number of hydrogen-bond donors (Lipinski definition) is 2. The maximum Gasteiger partial charge on any atom is 0.150 e. The number of rotatable bonds is 2. The van der Waals surface area contributed by atoms with E-state index in [1.54, 1.807) is 11.8 Å². The molecule has 0 saturated carbocycles. The molecule has 0 unspecified atom stereocenters. The third-order valence-corrected chi connectivity index (χ3v) is 2.44. The molecular weight excluding hydrogens is 204 g/mol. The Kier molecular flexibility index (Phi) is 2.44. The quantitative estimate of drug-likeness (QED) is 0.797. The fourth-order valence-electron chi connectivity index (χ4n) is 1.50. The van der Waals surface area contributed by atoms with E-state index in [4.69, 9.17) is 16.2 Å². The van der Waals surface area contributed by atoms with Gasteiger partial charge in [-0.05, 0) is 19.1 Å². The highest BCUT2D eigenvalue weighted by atomic mass is 16.5. The minimum absolute atomic E-state index is 0.450. The van der Waals surface area contributed by atoms with E-state index in [1.807, 2.05) is 31.2 Å². The van der Waals surface area contributed by atoms with Gasteiger partial charge in [0.05, 0.1) is 24.2 Å². The van der Waals surface area contributed by atoms with Gasteiger partial charge in [0.1, 0.15) is 5.75 Å². The van der Waals surface area contributed by atoms with Gasteiger partial charge >= 0.3 is 0 Å². The normalized spacial score (nSPS) is 10.4. The first-order valence-corrected chi connectivity index (χ1v) is 4.88. The van der Waals surface area contributed by atoms with Gasteiger partial charge in [-0.3, -0.25) is 0 Å². The Morgan fingerprint density at radius 2 is 2.06 bits per heavy atom. The molecule has 0 aliphatic carbocycles. The van der Waals surface area contributed by atoms with E-state index in [9.17, 15) is 0 Å². The van der Waals surface area contributed by atoms with Gasteiger partial charge in [0.25, 0.3) is 0 Å². The molecule has 0 fully saturated rings. The van der Waals surface area contributed by atoms with Crippen molar-refractivity contribution in [3.05, 3.63) is 30.0 Å². The largest absolute Gasteiger partial charge is 0.497 e. The van der Waals surface area contributed by atoms with Gasteiger partial charge in [-0.25, -0.2) is 4.68 Å². The van der Waals surface area contributed by atoms with Crippen molar-refractivity contribution in [2.45, 2.75) is 6.92 Å². The fraction of sp³-hybridized carbons (Fsp3) is 0.182. The van der Waals surface area contributed by atoms with E-state index in [-0.39, 0.29) is 0 Å². The molecule has 5 nitrogen and oxygen atoms in total. The topological polar surface area (TPSA) is 79.1 Å². The molecule has 0 aliphatic heterocycles. The van der Waals surface area contributed by atoms with Crippen LogP contribution in [0.2, 0.25) is 0 Å². The summed E-state index contributed by atoms with van der Waals surface area (Å²) in [5, 5.41) is 4.27. The smallest absolute Gasteiger partial charge is 0.150 e. The van der Waals surface area contributed by atoms with Crippen LogP contribution in [0.4, 0.5) is 11.5 Å². The van der Waals surface area contributed by atoms with E-state index < -0.39 is 0 Å². The van der Waals surface area contributed by atoms with Crippen molar-refractivity contribution in [3.63, 3.8) is 0 Å². The Balaban J connectivity index is 2.54. The Morgan fingerprint density at radius 3 is 2.62 bits per heavy atom. The number of nitrogens with zero attached hydrogens (tertiary/aromatic N) is 2. The molecule has 4 N–H and O–H groups in total. The SMILES string of the molecule is COc1cccc(-n2nc(C)c(N)c2N)c1. The Hall–Kier alpha value is -2.17. The monoisotopic (exact) mass is 218 g/mol. The molecule has 0 aliphatic rings. The van der Waals surface area contributed by atoms with Crippen molar-refractivity contribution < 1.29 is 4.74 Å². The first-order chi connectivity index (χ1) is 7.63. The summed E-state index contributed by atoms with van der Waals surface area (Å²) >= 11 is 0. The van der Waals surface area contributed by atoms with Crippen LogP contribution in [-0.4, -0.2) is 16.9 Å². The summed E-state index contributed by atoms with van der Waals surface area (Å²) in [7, 11) is 1.62. The van der Waals surface area contributed by atoms with E-state index in [2.05, 4.69) is 5.10 Å². The molecular formula is C11H14N4O. The number of aromatic nitrogens is 2. The van der Waals surface area contributed by atoms with Crippen molar-refractivity contribution in [2.75, 3.05) is 18.6 Å². The predicted octanol–water partition coefficient (Wildman–Crippen LogP) is 1.35. The zero-order chi connectivity index (χ0) is 11.7. The van der Waals surface area contributed by atoms with E-state index in [1.165, 1.54) is 0 Å². The lowest BCUT2D eigenvalue weighted by Crippen LogP contribution is -2.03. The summed E-state index contributed by atoms with van der Waals surface area (Å²) < 4.78 is 6.74. The lowest BCUT2D eigenvalue weighted by molar-refractivity contribution is 0.414. The number of nitrogens with two attached hydrogens (primary N) is 2. The highest BCUT2D eigenvalue weighted by Gasteiger charge is 2.10. The second-order valence-electron chi connectivity index (χ2n) is 3.50. The van der Waals surface area contributed by atoms with Gasteiger partial charge < -0.3 is 16.2 Å². The molecule has 84 valence electrons. The van der Waals surface area contributed by atoms with Crippen LogP contribution < -0.4 is 16.2 Å². The minimum Gasteiger partial charge on any atom is -0.497 e. The molecule has 0 bridgehead atoms. The maximum absolute atomic E-state index is 5.86. The Labute approximate surface area is 93.6 Å². The molecule has 1 heterocycles. The third-order valence-electron chi connectivity index (χ3n) is 2.44. The molecule has 16 heavy (non-hydrogen) atoms. The van der Waals surface area contributed by atoms with Crippen molar-refractivity contribution in [3.8, 4) is 11.4 Å². The molecule has 0 spiro atoms. The van der Waals surface area contributed by atoms with Crippen molar-refractivity contribution in [1.29, 1.82) is 0 Å². The molecule has 0 atom stereocenters. The third kappa shape index (κ3) is 1.56. The highest BCUT2D eigenvalue weighted by Crippen LogP contribution is 2.24. The zero-order valence-corrected chi connectivity index (χ0v) is 9.27. The van der Waals surface area contributed by atoms with Crippen molar-refractivity contribution >= 4 is 11.5 Å². The van der Waals surface area contributed by atoms with Crippen LogP contribution in [-0.2, 0) is 0 Å². The number of nitrogen functional groups attached to an aromatic ring is 2. The molecule has 2 rings (SSSR count). The number of benzene rings is 1. The molecule has 0 radical (unpaired) electrons. The predicted molar refractivity (Wildman–Crippen MR) is 63.7 cm³/mol. The number of hydrogen-bond acceptors (Lipinski definition) is 4. The summed E-state index contributed by atoms with van der Waals surface area (Å²) in [5.74, 6) is 1.20. The van der Waals surface area contributed by atoms with E-state index in [0.29, 0.717) is 11.5 Å². The van der Waals surface area contributed by atoms with Crippen LogP contribution >= 0.6 is 0 Å². The Morgan fingerprint density at radius 1 is 1.31 bits per heavy atom. The van der Waals surface area contributed by atoms with Gasteiger partial charge in [-0.2, -0.15) is 5.10 Å². The summed E-state index contributed by atoms with van der Waals surface area (Å²) in [5.41, 5.74) is 13.7. The van der Waals surface area contributed by atoms with E-state index >= 15 is 0 Å². The van der Waals surface area contributed by atoms with Gasteiger partial charge in [-0.15, -0.1) is 0 Å². The lowest BCUT2D eigenvalue weighted by Gasteiger charge is -2.06. The van der Waals surface area contributed by atoms with Gasteiger partial charge in [0.2, 0.25) is 0 Å². The summed E-state index contributed by atoms with van der Waals surface area (Å²) in [4.78, 5) is 0. The average molecular weight is 218 g/mol. The Bertz CT molecular complexity index is 519. The lowest BCUT2D eigenvalue weighted by atomic mass is 10.3. The number of methoxy groups -OCH3 is 1. The second-order valence-corrected chi connectivity index (χ2v) is 3.50. The summed E-state index contributed by atoms with van der Waals surface area (Å²) in [6.07, 6.45) is 0. The molecule has 0 amide bonds. The van der Waals surface area contributed by atoms with Crippen LogP contribution in [0.3, 0.4) is 0 Å². The van der Waals surface area contributed by atoms with Crippen LogP contribution in [0.5, 0.6) is 5.75 Å². The first-order valence-electron chi connectivity index (χ1n) is 4.88. The van der Waals surface area contributed by atoms with Crippen LogP contribution in [0.25, 0.3) is 5.69 Å². The van der Waals surface area contributed by atoms with Crippen LogP contribution in [0, 0.1) is 6.92 Å². The van der Waals surface area contributed by atoms with Gasteiger partial charge in [-0.1, -0.05) is 6.07 Å². The minimum atomic E-state index is 0.450. The first kappa shape index (κ1) is 10.4. The average Bonchev–Trinajstić information content (AvgIpc) is 2.57. The molecule has 2 aromatic rings. The standard InChI is InChI=1S/C11H14N4O/c1-7-10(12)11(13)15(14-7)8-4-3-5-9(6-8)16-2/h3-6H,12-13H2,1-2H3. The maximum atomic E-state index is 5.86. The molecule has 0 saturated heterocycles. The van der Waals surface area contributed by atoms with Gasteiger partial charge in [0, 0.05) is 6.07 Å². The molecule has 1 aromatic carbocycles. The number of aryl methyl sites for hydroxylation is 1. The molecule has 1 aromatic heterocycles. The molecule has 5 heteroatoms. The van der Waals surface area contributed by atoms with Crippen molar-refractivity contribution in [1.82, 2.24) is 9.78 Å². The van der Waals surface area contributed by atoms with Gasteiger partial charge in [0.15, 0.2) is 5.82 Å². The van der Waals surface area contributed by atoms with Crippen LogP contribution in [0.1, 0.15) is 5.69 Å². The zero-order valence-electron chi connectivity index (χ0n) is 9.27. The van der Waals surface area contributed by atoms with Crippen LogP contribution in [0.15, 0.2) is 24.3 Å².